The zero-order valence-electron chi connectivity index (χ0n) is 19.9. The fraction of sp³-hybridized carbons (Fsp3) is 0.360. The SMILES string of the molecule is CC(C)(C#N)Cn1cnc2c(N3CCOCC3)cc(-n3ccc(-c4cccc(OC(F)F)c4)n3)nc21. The molecule has 0 radical (unpaired) electrons. The molecule has 0 bridgehead atoms. The number of anilines is 1. The number of morpholine rings is 1. The molecule has 4 heterocycles. The van der Waals surface area contributed by atoms with Gasteiger partial charge in [-0.2, -0.15) is 19.1 Å². The first-order chi connectivity index (χ1) is 17.3. The molecule has 0 N–H and O–H groups in total. The van der Waals surface area contributed by atoms with Crippen molar-refractivity contribution in [3.05, 3.63) is 48.9 Å². The maximum absolute atomic E-state index is 12.6. The summed E-state index contributed by atoms with van der Waals surface area (Å²) in [4.78, 5) is 11.7. The van der Waals surface area contributed by atoms with Crippen molar-refractivity contribution in [3.8, 4) is 28.9 Å². The molecule has 0 saturated carbocycles. The number of hydrogen-bond donors (Lipinski definition) is 0. The summed E-state index contributed by atoms with van der Waals surface area (Å²) in [7, 11) is 0. The van der Waals surface area contributed by atoms with Crippen LogP contribution in [0.25, 0.3) is 28.2 Å². The van der Waals surface area contributed by atoms with Gasteiger partial charge in [-0.1, -0.05) is 12.1 Å². The second kappa shape index (κ2) is 9.54. The number of benzene rings is 1. The molecule has 4 aromatic rings. The highest BCUT2D eigenvalue weighted by molar-refractivity contribution is 5.87. The minimum absolute atomic E-state index is 0.0650. The van der Waals surface area contributed by atoms with E-state index in [1.807, 2.05) is 24.5 Å². The van der Waals surface area contributed by atoms with Crippen LogP contribution in [0.4, 0.5) is 14.5 Å². The van der Waals surface area contributed by atoms with Crippen LogP contribution in [0.2, 0.25) is 0 Å². The van der Waals surface area contributed by atoms with Gasteiger partial charge in [0.25, 0.3) is 0 Å². The molecule has 1 saturated heterocycles. The number of pyridine rings is 1. The molecule has 0 atom stereocenters. The Bertz CT molecular complexity index is 1420. The van der Waals surface area contributed by atoms with Crippen LogP contribution in [0.1, 0.15) is 13.8 Å². The van der Waals surface area contributed by atoms with Crippen LogP contribution >= 0.6 is 0 Å². The van der Waals surface area contributed by atoms with Crippen molar-refractivity contribution in [3.63, 3.8) is 0 Å². The smallest absolute Gasteiger partial charge is 0.387 e. The highest BCUT2D eigenvalue weighted by atomic mass is 19.3. The van der Waals surface area contributed by atoms with Crippen molar-refractivity contribution in [2.45, 2.75) is 27.0 Å². The molecule has 0 amide bonds. The van der Waals surface area contributed by atoms with Gasteiger partial charge in [-0.25, -0.2) is 14.6 Å². The summed E-state index contributed by atoms with van der Waals surface area (Å²) in [6.45, 7) is 3.94. The van der Waals surface area contributed by atoms with Gasteiger partial charge in [0.2, 0.25) is 0 Å². The fourth-order valence-electron chi connectivity index (χ4n) is 4.18. The van der Waals surface area contributed by atoms with Crippen LogP contribution in [0.15, 0.2) is 48.9 Å². The molecule has 1 aromatic carbocycles. The van der Waals surface area contributed by atoms with Crippen LogP contribution in [0.3, 0.4) is 0 Å². The summed E-state index contributed by atoms with van der Waals surface area (Å²) in [6.07, 6.45) is 3.49. The van der Waals surface area contributed by atoms with E-state index in [0.29, 0.717) is 42.5 Å². The summed E-state index contributed by atoms with van der Waals surface area (Å²) < 4.78 is 38.9. The molecule has 0 unspecified atom stereocenters. The molecule has 1 aliphatic rings. The molecule has 5 rings (SSSR count). The van der Waals surface area contributed by atoms with Gasteiger partial charge in [-0.05, 0) is 32.0 Å². The Labute approximate surface area is 206 Å². The van der Waals surface area contributed by atoms with Crippen LogP contribution in [0.5, 0.6) is 5.75 Å². The van der Waals surface area contributed by atoms with Crippen LogP contribution in [-0.4, -0.2) is 57.2 Å². The molecular formula is C25H25F2N7O2. The highest BCUT2D eigenvalue weighted by Gasteiger charge is 2.23. The van der Waals surface area contributed by atoms with E-state index in [-0.39, 0.29) is 5.75 Å². The van der Waals surface area contributed by atoms with Crippen molar-refractivity contribution in [2.75, 3.05) is 31.2 Å². The third-order valence-corrected chi connectivity index (χ3v) is 5.94. The average Bonchev–Trinajstić information content (AvgIpc) is 3.52. The summed E-state index contributed by atoms with van der Waals surface area (Å²) in [5, 5.41) is 14.2. The van der Waals surface area contributed by atoms with Gasteiger partial charge in [0.05, 0.1) is 42.4 Å². The highest BCUT2D eigenvalue weighted by Crippen LogP contribution is 2.30. The predicted molar refractivity (Wildman–Crippen MR) is 129 cm³/mol. The Morgan fingerprint density at radius 2 is 2.00 bits per heavy atom. The van der Waals surface area contributed by atoms with Crippen LogP contribution in [-0.2, 0) is 11.3 Å². The quantitative estimate of drug-likeness (QED) is 0.379. The first kappa shape index (κ1) is 23.7. The number of imidazole rings is 1. The molecule has 0 aliphatic carbocycles. The van der Waals surface area contributed by atoms with E-state index >= 15 is 0 Å². The molecule has 36 heavy (non-hydrogen) atoms. The zero-order valence-corrected chi connectivity index (χ0v) is 19.9. The van der Waals surface area contributed by atoms with Crippen molar-refractivity contribution in [1.29, 1.82) is 5.26 Å². The number of hydrogen-bond acceptors (Lipinski definition) is 7. The van der Waals surface area contributed by atoms with E-state index < -0.39 is 12.0 Å². The van der Waals surface area contributed by atoms with Crippen LogP contribution < -0.4 is 9.64 Å². The molecule has 1 fully saturated rings. The maximum atomic E-state index is 12.6. The average molecular weight is 494 g/mol. The number of nitriles is 1. The van der Waals surface area contributed by atoms with Gasteiger partial charge in [-0.3, -0.25) is 0 Å². The summed E-state index contributed by atoms with van der Waals surface area (Å²) in [5.41, 5.74) is 2.94. The molecule has 11 heteroatoms. The van der Waals surface area contributed by atoms with Crippen molar-refractivity contribution in [1.82, 2.24) is 24.3 Å². The number of nitrogens with zero attached hydrogens (tertiary/aromatic N) is 7. The van der Waals surface area contributed by atoms with Gasteiger partial charge in [-0.15, -0.1) is 0 Å². The first-order valence-electron chi connectivity index (χ1n) is 11.5. The molecule has 9 nitrogen and oxygen atoms in total. The Kier molecular flexibility index (Phi) is 6.28. The lowest BCUT2D eigenvalue weighted by atomic mass is 9.96. The van der Waals surface area contributed by atoms with Gasteiger partial charge >= 0.3 is 6.61 Å². The molecular weight excluding hydrogens is 468 g/mol. The second-order valence-electron chi connectivity index (χ2n) is 9.19. The van der Waals surface area contributed by atoms with Crippen molar-refractivity contribution < 1.29 is 18.3 Å². The minimum Gasteiger partial charge on any atom is -0.435 e. The normalized spacial score (nSPS) is 14.4. The minimum atomic E-state index is -2.90. The van der Waals surface area contributed by atoms with Crippen LogP contribution in [0, 0.1) is 16.7 Å². The topological polar surface area (TPSA) is 94.0 Å². The number of alkyl halides is 2. The Morgan fingerprint density at radius 3 is 2.75 bits per heavy atom. The standard InChI is InChI=1S/C25H25F2N7O2/c1-25(2,14-28)15-33-16-29-22-20(32-8-10-35-11-9-32)13-21(30-23(22)33)34-7-6-19(31-34)17-4-3-5-18(12-17)36-24(26)27/h3-7,12-13,16,24H,8-11,15H2,1-2H3. The molecule has 3 aromatic heterocycles. The van der Waals surface area contributed by atoms with E-state index in [2.05, 4.69) is 25.8 Å². The maximum Gasteiger partial charge on any atom is 0.387 e. The second-order valence-corrected chi connectivity index (χ2v) is 9.19. The number of ether oxygens (including phenoxy) is 2. The first-order valence-corrected chi connectivity index (χ1v) is 11.5. The van der Waals surface area contributed by atoms with E-state index in [4.69, 9.17) is 9.72 Å². The number of halogens is 2. The van der Waals surface area contributed by atoms with E-state index in [0.717, 1.165) is 24.3 Å². The molecule has 1 aliphatic heterocycles. The van der Waals surface area contributed by atoms with Crippen molar-refractivity contribution >= 4 is 16.9 Å². The summed E-state index contributed by atoms with van der Waals surface area (Å²) in [6, 6.07) is 12.5. The third-order valence-electron chi connectivity index (χ3n) is 5.94. The fourth-order valence-corrected chi connectivity index (χ4v) is 4.18. The Morgan fingerprint density at radius 1 is 1.19 bits per heavy atom. The Hall–Kier alpha value is -4.04. The third kappa shape index (κ3) is 4.85. The van der Waals surface area contributed by atoms with Gasteiger partial charge in [0, 0.05) is 37.5 Å². The predicted octanol–water partition coefficient (Wildman–Crippen LogP) is 4.27. The van der Waals surface area contributed by atoms with Gasteiger partial charge < -0.3 is 18.9 Å². The number of rotatable bonds is 7. The monoisotopic (exact) mass is 493 g/mol. The molecule has 0 spiro atoms. The van der Waals surface area contributed by atoms with E-state index in [9.17, 15) is 14.0 Å². The van der Waals surface area contributed by atoms with Gasteiger partial charge in [0.1, 0.15) is 11.3 Å². The number of fused-ring (bicyclic) bond motifs is 1. The van der Waals surface area contributed by atoms with E-state index in [1.165, 1.54) is 12.1 Å². The van der Waals surface area contributed by atoms with Gasteiger partial charge in [0.15, 0.2) is 11.5 Å². The van der Waals surface area contributed by atoms with E-state index in [1.54, 1.807) is 35.4 Å². The Balaban J connectivity index is 1.57. The number of aromatic nitrogens is 5. The lowest BCUT2D eigenvalue weighted by Gasteiger charge is -2.29. The lowest BCUT2D eigenvalue weighted by Crippen LogP contribution is -2.36. The van der Waals surface area contributed by atoms with Crippen molar-refractivity contribution in [2.24, 2.45) is 5.41 Å². The largest absolute Gasteiger partial charge is 0.435 e. The lowest BCUT2D eigenvalue weighted by molar-refractivity contribution is -0.0498. The zero-order chi connectivity index (χ0) is 25.3. The summed E-state index contributed by atoms with van der Waals surface area (Å²) >= 11 is 0. The summed E-state index contributed by atoms with van der Waals surface area (Å²) in [5.74, 6) is 0.641. The molecule has 186 valence electrons.